The highest BCUT2D eigenvalue weighted by Crippen LogP contribution is 2.59. The first kappa shape index (κ1) is 25.7. The van der Waals surface area contributed by atoms with Crippen LogP contribution in [0.4, 0.5) is 0 Å². The molecule has 6 aromatic carbocycles. The van der Waals surface area contributed by atoms with E-state index < -0.39 is 0 Å². The van der Waals surface area contributed by atoms with Crippen LogP contribution in [-0.4, -0.2) is 14.5 Å². The number of fused-ring (bicyclic) bond motifs is 10. The molecule has 0 saturated carbocycles. The molecule has 0 saturated heterocycles. The standard InChI is InChI=1S/C42H27N3S/c1-42(27-16-6-3-7-17-27)33-21-11-8-19-30(33)39-36(42)32-25-24-29-28-18-10-13-23-35(28)45(38(29)40(32)46-39)41-43-34-22-12-9-20-31(34)37(44-41)26-14-4-2-5-15-26/h2-25H,1H3. The molecule has 216 valence electrons. The summed E-state index contributed by atoms with van der Waals surface area (Å²) in [5, 5.41) is 4.77. The third-order valence-corrected chi connectivity index (χ3v) is 11.1. The van der Waals surface area contributed by atoms with Crippen molar-refractivity contribution in [3.05, 3.63) is 162 Å². The van der Waals surface area contributed by atoms with E-state index in [1.165, 1.54) is 53.5 Å². The maximum Gasteiger partial charge on any atom is 0.235 e. The lowest BCUT2D eigenvalue weighted by atomic mass is 9.74. The fourth-order valence-electron chi connectivity index (χ4n) is 7.80. The van der Waals surface area contributed by atoms with Crippen molar-refractivity contribution in [2.24, 2.45) is 0 Å². The average Bonchev–Trinajstić information content (AvgIpc) is 3.76. The van der Waals surface area contributed by atoms with Crippen LogP contribution in [-0.2, 0) is 5.41 Å². The van der Waals surface area contributed by atoms with E-state index >= 15 is 0 Å². The van der Waals surface area contributed by atoms with Crippen molar-refractivity contribution in [3.8, 4) is 27.6 Å². The van der Waals surface area contributed by atoms with E-state index in [1.807, 2.05) is 11.3 Å². The number of thiophene rings is 1. The average molecular weight is 606 g/mol. The molecule has 0 N–H and O–H groups in total. The summed E-state index contributed by atoms with van der Waals surface area (Å²) < 4.78 is 3.58. The van der Waals surface area contributed by atoms with Gasteiger partial charge in [0.05, 0.1) is 26.9 Å². The van der Waals surface area contributed by atoms with Crippen molar-refractivity contribution in [1.82, 2.24) is 14.5 Å². The molecule has 0 fully saturated rings. The number of benzene rings is 6. The fourth-order valence-corrected chi connectivity index (χ4v) is 9.29. The summed E-state index contributed by atoms with van der Waals surface area (Å²) in [7, 11) is 0. The molecule has 3 aromatic heterocycles. The van der Waals surface area contributed by atoms with Crippen LogP contribution in [0.1, 0.15) is 23.6 Å². The van der Waals surface area contributed by atoms with Gasteiger partial charge in [0, 0.05) is 32.0 Å². The Balaban J connectivity index is 1.35. The van der Waals surface area contributed by atoms with Crippen LogP contribution < -0.4 is 0 Å². The number of para-hydroxylation sites is 2. The quantitative estimate of drug-likeness (QED) is 0.201. The Hall–Kier alpha value is -5.58. The number of aromatic nitrogens is 3. The SMILES string of the molecule is CC1(c2ccccc2)c2ccccc2-c2sc3c(ccc4c5ccccc5n(-c5nc(-c6ccccc6)c6ccccc6n5)c43)c21. The molecule has 46 heavy (non-hydrogen) atoms. The van der Waals surface area contributed by atoms with Crippen molar-refractivity contribution in [2.75, 3.05) is 0 Å². The van der Waals surface area contributed by atoms with Crippen LogP contribution in [0.2, 0.25) is 0 Å². The first-order chi connectivity index (χ1) is 22.7. The van der Waals surface area contributed by atoms with Crippen LogP contribution in [0.25, 0.3) is 70.4 Å². The third-order valence-electron chi connectivity index (χ3n) is 9.89. The van der Waals surface area contributed by atoms with Gasteiger partial charge in [0.15, 0.2) is 0 Å². The van der Waals surface area contributed by atoms with Crippen molar-refractivity contribution >= 4 is 54.1 Å². The topological polar surface area (TPSA) is 30.7 Å². The second-order valence-electron chi connectivity index (χ2n) is 12.3. The molecule has 1 unspecified atom stereocenters. The van der Waals surface area contributed by atoms with Gasteiger partial charge in [0.25, 0.3) is 0 Å². The number of hydrogen-bond donors (Lipinski definition) is 0. The molecule has 4 heteroatoms. The molecule has 1 atom stereocenters. The van der Waals surface area contributed by atoms with Crippen LogP contribution >= 0.6 is 11.3 Å². The van der Waals surface area contributed by atoms with Crippen LogP contribution in [0, 0.1) is 0 Å². The molecule has 3 heterocycles. The molecule has 0 radical (unpaired) electrons. The van der Waals surface area contributed by atoms with E-state index in [0.717, 1.165) is 27.7 Å². The van der Waals surface area contributed by atoms with E-state index in [-0.39, 0.29) is 5.41 Å². The van der Waals surface area contributed by atoms with Crippen molar-refractivity contribution in [1.29, 1.82) is 0 Å². The lowest BCUT2D eigenvalue weighted by Crippen LogP contribution is -2.22. The second kappa shape index (κ2) is 9.46. The van der Waals surface area contributed by atoms with Gasteiger partial charge in [0.2, 0.25) is 5.95 Å². The first-order valence-electron chi connectivity index (χ1n) is 15.7. The van der Waals surface area contributed by atoms with Gasteiger partial charge in [-0.2, -0.15) is 0 Å². The van der Waals surface area contributed by atoms with Gasteiger partial charge in [-0.05, 0) is 46.7 Å². The molecule has 0 amide bonds. The molecule has 9 aromatic rings. The highest BCUT2D eigenvalue weighted by Gasteiger charge is 2.43. The predicted octanol–water partition coefficient (Wildman–Crippen LogP) is 10.9. The third kappa shape index (κ3) is 3.37. The smallest absolute Gasteiger partial charge is 0.235 e. The van der Waals surface area contributed by atoms with Gasteiger partial charge in [-0.3, -0.25) is 4.57 Å². The summed E-state index contributed by atoms with van der Waals surface area (Å²) in [6, 6.07) is 52.1. The van der Waals surface area contributed by atoms with E-state index in [1.54, 1.807) is 0 Å². The Labute approximate surface area is 270 Å². The number of nitrogens with zero attached hydrogens (tertiary/aromatic N) is 3. The maximum atomic E-state index is 5.35. The van der Waals surface area contributed by atoms with E-state index in [9.17, 15) is 0 Å². The van der Waals surface area contributed by atoms with Gasteiger partial charge in [-0.1, -0.05) is 133 Å². The van der Waals surface area contributed by atoms with Gasteiger partial charge in [-0.25, -0.2) is 9.97 Å². The van der Waals surface area contributed by atoms with Crippen LogP contribution in [0.5, 0.6) is 0 Å². The van der Waals surface area contributed by atoms with Crippen molar-refractivity contribution < 1.29 is 0 Å². The molecule has 1 aliphatic rings. The fraction of sp³-hybridized carbons (Fsp3) is 0.0476. The summed E-state index contributed by atoms with van der Waals surface area (Å²) in [6.07, 6.45) is 0. The maximum absolute atomic E-state index is 5.35. The number of rotatable bonds is 3. The molecule has 0 aliphatic heterocycles. The normalized spacial score (nSPS) is 15.6. The Morgan fingerprint density at radius 1 is 0.587 bits per heavy atom. The van der Waals surface area contributed by atoms with Gasteiger partial charge < -0.3 is 0 Å². The minimum absolute atomic E-state index is 0.268. The van der Waals surface area contributed by atoms with Crippen LogP contribution in [0.3, 0.4) is 0 Å². The summed E-state index contributed by atoms with van der Waals surface area (Å²) in [4.78, 5) is 11.9. The summed E-state index contributed by atoms with van der Waals surface area (Å²) in [5.74, 6) is 0.691. The summed E-state index contributed by atoms with van der Waals surface area (Å²) in [5.41, 5.74) is 10.4. The highest BCUT2D eigenvalue weighted by molar-refractivity contribution is 7.23. The van der Waals surface area contributed by atoms with E-state index in [0.29, 0.717) is 5.95 Å². The minimum Gasteiger partial charge on any atom is -0.276 e. The van der Waals surface area contributed by atoms with Crippen molar-refractivity contribution in [2.45, 2.75) is 12.3 Å². The monoisotopic (exact) mass is 605 g/mol. The Morgan fingerprint density at radius 2 is 1.26 bits per heavy atom. The zero-order chi connectivity index (χ0) is 30.4. The molecule has 0 bridgehead atoms. The van der Waals surface area contributed by atoms with Crippen LogP contribution in [0.15, 0.2) is 146 Å². The van der Waals surface area contributed by atoms with Gasteiger partial charge in [0.1, 0.15) is 0 Å². The second-order valence-corrected chi connectivity index (χ2v) is 13.3. The molecule has 1 aliphatic carbocycles. The first-order valence-corrected chi connectivity index (χ1v) is 16.5. The van der Waals surface area contributed by atoms with Crippen molar-refractivity contribution in [3.63, 3.8) is 0 Å². The Kier molecular flexibility index (Phi) is 5.29. The largest absolute Gasteiger partial charge is 0.276 e. The zero-order valence-corrected chi connectivity index (χ0v) is 25.9. The lowest BCUT2D eigenvalue weighted by molar-refractivity contribution is 0.721. The Morgan fingerprint density at radius 3 is 2.11 bits per heavy atom. The van der Waals surface area contributed by atoms with Gasteiger partial charge >= 0.3 is 0 Å². The van der Waals surface area contributed by atoms with E-state index in [2.05, 4.69) is 157 Å². The Bertz CT molecular complexity index is 2650. The zero-order valence-electron chi connectivity index (χ0n) is 25.1. The minimum atomic E-state index is -0.268. The van der Waals surface area contributed by atoms with Gasteiger partial charge in [-0.15, -0.1) is 11.3 Å². The predicted molar refractivity (Wildman–Crippen MR) is 192 cm³/mol. The molecule has 10 rings (SSSR count). The highest BCUT2D eigenvalue weighted by atomic mass is 32.1. The number of hydrogen-bond acceptors (Lipinski definition) is 3. The molecule has 0 spiro atoms. The molecular formula is C42H27N3S. The molecule has 3 nitrogen and oxygen atoms in total. The summed E-state index contributed by atoms with van der Waals surface area (Å²) >= 11 is 1.91. The lowest BCUT2D eigenvalue weighted by Gasteiger charge is -2.28. The van der Waals surface area contributed by atoms with E-state index in [4.69, 9.17) is 9.97 Å². The molecular weight excluding hydrogens is 579 g/mol. The summed E-state index contributed by atoms with van der Waals surface area (Å²) in [6.45, 7) is 2.40.